The Morgan fingerprint density at radius 3 is 2.62 bits per heavy atom. The Bertz CT molecular complexity index is 783. The van der Waals surface area contributed by atoms with Crippen LogP contribution < -0.4 is 5.32 Å². The van der Waals surface area contributed by atoms with Crippen LogP contribution in [0.3, 0.4) is 0 Å². The zero-order valence-corrected chi connectivity index (χ0v) is 13.7. The molecule has 1 spiro atoms. The second-order valence-corrected chi connectivity index (χ2v) is 6.82. The van der Waals surface area contributed by atoms with E-state index in [9.17, 15) is 9.59 Å². The summed E-state index contributed by atoms with van der Waals surface area (Å²) in [5, 5.41) is 2.98. The van der Waals surface area contributed by atoms with Crippen molar-refractivity contribution in [2.45, 2.75) is 12.3 Å². The third-order valence-electron chi connectivity index (χ3n) is 5.50. The number of nitrogens with zero attached hydrogens (tertiary/aromatic N) is 2. The summed E-state index contributed by atoms with van der Waals surface area (Å²) in [7, 11) is 1.87. The molecule has 4 rings (SSSR count). The quantitative estimate of drug-likeness (QED) is 0.916. The Morgan fingerprint density at radius 1 is 1.21 bits per heavy atom. The SMILES string of the molecule is Cn1cccc1C(=O)N1C[C@H](c2ccccc2)[C@]2(CCNC2=O)C1. The highest BCUT2D eigenvalue weighted by molar-refractivity contribution is 5.95. The monoisotopic (exact) mass is 323 g/mol. The van der Waals surface area contributed by atoms with Crippen molar-refractivity contribution in [1.29, 1.82) is 0 Å². The standard InChI is InChI=1S/C19H21N3O2/c1-21-11-5-8-16(21)17(23)22-12-15(14-6-3-2-4-7-14)19(13-22)9-10-20-18(19)24/h2-8,11,15H,9-10,12-13H2,1H3,(H,20,24)/t15-,19+/m1/s1. The van der Waals surface area contributed by atoms with Crippen molar-refractivity contribution >= 4 is 11.8 Å². The summed E-state index contributed by atoms with van der Waals surface area (Å²) >= 11 is 0. The minimum absolute atomic E-state index is 0.00000567. The lowest BCUT2D eigenvalue weighted by atomic mass is 9.73. The summed E-state index contributed by atoms with van der Waals surface area (Å²) in [5.41, 5.74) is 1.30. The third-order valence-corrected chi connectivity index (χ3v) is 5.50. The number of hydrogen-bond donors (Lipinski definition) is 1. The molecule has 2 aliphatic heterocycles. The van der Waals surface area contributed by atoms with Gasteiger partial charge in [-0.1, -0.05) is 30.3 Å². The zero-order chi connectivity index (χ0) is 16.7. The predicted molar refractivity (Wildman–Crippen MR) is 90.6 cm³/mol. The highest BCUT2D eigenvalue weighted by Gasteiger charge is 2.55. The second-order valence-electron chi connectivity index (χ2n) is 6.82. The Labute approximate surface area is 141 Å². The maximum absolute atomic E-state index is 12.9. The Kier molecular flexibility index (Phi) is 3.44. The maximum atomic E-state index is 12.9. The van der Waals surface area contributed by atoms with Crippen LogP contribution in [0.1, 0.15) is 28.4 Å². The molecule has 24 heavy (non-hydrogen) atoms. The van der Waals surface area contributed by atoms with E-state index in [2.05, 4.69) is 17.4 Å². The van der Waals surface area contributed by atoms with Gasteiger partial charge in [-0.2, -0.15) is 0 Å². The van der Waals surface area contributed by atoms with E-state index in [1.807, 2.05) is 53.0 Å². The molecule has 0 unspecified atom stereocenters. The molecule has 2 fully saturated rings. The Hall–Kier alpha value is -2.56. The third kappa shape index (κ3) is 2.15. The average molecular weight is 323 g/mol. The van der Waals surface area contributed by atoms with Crippen LogP contribution in [0.2, 0.25) is 0 Å². The van der Waals surface area contributed by atoms with Gasteiger partial charge in [-0.05, 0) is 24.1 Å². The van der Waals surface area contributed by atoms with Crippen molar-refractivity contribution in [3.8, 4) is 0 Å². The number of likely N-dealkylation sites (tertiary alicyclic amines) is 1. The molecular weight excluding hydrogens is 302 g/mol. The highest BCUT2D eigenvalue weighted by atomic mass is 16.2. The molecule has 0 aliphatic carbocycles. The van der Waals surface area contributed by atoms with Crippen molar-refractivity contribution in [1.82, 2.24) is 14.8 Å². The summed E-state index contributed by atoms with van der Waals surface area (Å²) in [4.78, 5) is 27.4. The van der Waals surface area contributed by atoms with Crippen LogP contribution in [-0.4, -0.2) is 40.9 Å². The number of nitrogens with one attached hydrogen (secondary N) is 1. The molecule has 2 saturated heterocycles. The normalized spacial score (nSPS) is 26.1. The number of aromatic nitrogens is 1. The number of amides is 2. The summed E-state index contributed by atoms with van der Waals surface area (Å²) in [6, 6.07) is 13.8. The van der Waals surface area contributed by atoms with Crippen molar-refractivity contribution in [2.24, 2.45) is 12.5 Å². The first-order valence-electron chi connectivity index (χ1n) is 8.36. The van der Waals surface area contributed by atoms with Gasteiger partial charge in [-0.3, -0.25) is 9.59 Å². The highest BCUT2D eigenvalue weighted by Crippen LogP contribution is 2.47. The van der Waals surface area contributed by atoms with Crippen LogP contribution in [0, 0.1) is 5.41 Å². The van der Waals surface area contributed by atoms with Crippen molar-refractivity contribution in [2.75, 3.05) is 19.6 Å². The van der Waals surface area contributed by atoms with E-state index in [1.54, 1.807) is 0 Å². The van der Waals surface area contributed by atoms with Gasteiger partial charge >= 0.3 is 0 Å². The number of benzene rings is 1. The van der Waals surface area contributed by atoms with Gasteiger partial charge in [0.1, 0.15) is 5.69 Å². The van der Waals surface area contributed by atoms with Gasteiger partial charge in [0.15, 0.2) is 0 Å². The lowest BCUT2D eigenvalue weighted by Gasteiger charge is -2.27. The van der Waals surface area contributed by atoms with Crippen LogP contribution in [0.4, 0.5) is 0 Å². The molecule has 5 nitrogen and oxygen atoms in total. The molecule has 1 aromatic heterocycles. The molecule has 1 aromatic carbocycles. The summed E-state index contributed by atoms with van der Waals surface area (Å²) in [5.74, 6) is 0.129. The molecular formula is C19H21N3O2. The van der Waals surface area contributed by atoms with Crippen LogP contribution >= 0.6 is 0 Å². The fourth-order valence-electron chi connectivity index (χ4n) is 4.19. The Morgan fingerprint density at radius 2 is 2.00 bits per heavy atom. The van der Waals surface area contributed by atoms with E-state index in [0.29, 0.717) is 25.3 Å². The fourth-order valence-corrected chi connectivity index (χ4v) is 4.19. The van der Waals surface area contributed by atoms with Crippen LogP contribution in [0.5, 0.6) is 0 Å². The van der Waals surface area contributed by atoms with Crippen LogP contribution in [0.25, 0.3) is 0 Å². The molecule has 0 radical (unpaired) electrons. The second kappa shape index (κ2) is 5.51. The lowest BCUT2D eigenvalue weighted by molar-refractivity contribution is -0.127. The van der Waals surface area contributed by atoms with Crippen molar-refractivity contribution in [3.05, 3.63) is 59.9 Å². The topological polar surface area (TPSA) is 54.3 Å². The number of carbonyl (C=O) groups is 2. The first kappa shape index (κ1) is 15.0. The fraction of sp³-hybridized carbons (Fsp3) is 0.368. The number of hydrogen-bond acceptors (Lipinski definition) is 2. The summed E-state index contributed by atoms with van der Waals surface area (Å²) in [6.45, 7) is 1.76. The van der Waals surface area contributed by atoms with Crippen molar-refractivity contribution < 1.29 is 9.59 Å². The van der Waals surface area contributed by atoms with E-state index in [-0.39, 0.29) is 17.7 Å². The van der Waals surface area contributed by atoms with E-state index in [0.717, 1.165) is 12.0 Å². The smallest absolute Gasteiger partial charge is 0.270 e. The molecule has 2 amide bonds. The molecule has 124 valence electrons. The molecule has 2 atom stereocenters. The van der Waals surface area contributed by atoms with Gasteiger partial charge in [-0.15, -0.1) is 0 Å². The average Bonchev–Trinajstić information content (AvgIpc) is 3.29. The van der Waals surface area contributed by atoms with E-state index >= 15 is 0 Å². The number of carbonyl (C=O) groups excluding carboxylic acids is 2. The number of aryl methyl sites for hydroxylation is 1. The molecule has 2 aliphatic rings. The van der Waals surface area contributed by atoms with Gasteiger partial charge in [-0.25, -0.2) is 0 Å². The van der Waals surface area contributed by atoms with Gasteiger partial charge in [0.05, 0.1) is 5.41 Å². The molecule has 1 N–H and O–H groups in total. The van der Waals surface area contributed by atoms with Crippen LogP contribution in [0.15, 0.2) is 48.7 Å². The van der Waals surface area contributed by atoms with E-state index in [4.69, 9.17) is 0 Å². The summed E-state index contributed by atoms with van der Waals surface area (Å²) < 4.78 is 1.83. The lowest BCUT2D eigenvalue weighted by Crippen LogP contribution is -2.38. The molecule has 3 heterocycles. The first-order valence-corrected chi connectivity index (χ1v) is 8.36. The predicted octanol–water partition coefficient (Wildman–Crippen LogP) is 1.77. The molecule has 2 aromatic rings. The minimum atomic E-state index is -0.498. The molecule has 0 saturated carbocycles. The van der Waals surface area contributed by atoms with E-state index in [1.165, 1.54) is 0 Å². The summed E-state index contributed by atoms with van der Waals surface area (Å²) in [6.07, 6.45) is 2.65. The molecule has 0 bridgehead atoms. The molecule has 5 heteroatoms. The van der Waals surface area contributed by atoms with Crippen molar-refractivity contribution in [3.63, 3.8) is 0 Å². The van der Waals surface area contributed by atoms with Gasteiger partial charge < -0.3 is 14.8 Å². The zero-order valence-electron chi connectivity index (χ0n) is 13.7. The van der Waals surface area contributed by atoms with Crippen LogP contribution in [-0.2, 0) is 11.8 Å². The first-order chi connectivity index (χ1) is 11.6. The number of rotatable bonds is 2. The maximum Gasteiger partial charge on any atom is 0.270 e. The largest absolute Gasteiger partial charge is 0.356 e. The Balaban J connectivity index is 1.70. The van der Waals surface area contributed by atoms with Gasteiger partial charge in [0.25, 0.3) is 5.91 Å². The van der Waals surface area contributed by atoms with E-state index < -0.39 is 5.41 Å². The minimum Gasteiger partial charge on any atom is -0.356 e. The van der Waals surface area contributed by atoms with Gasteiger partial charge in [0, 0.05) is 38.8 Å². The van der Waals surface area contributed by atoms with Gasteiger partial charge in [0.2, 0.25) is 5.91 Å².